The normalized spacial score (nSPS) is 12.5. The summed E-state index contributed by atoms with van der Waals surface area (Å²) >= 11 is 0. The molecule has 140 valence electrons. The van der Waals surface area contributed by atoms with Crippen LogP contribution in [0.4, 0.5) is 13.2 Å². The Morgan fingerprint density at radius 2 is 1.81 bits per heavy atom. The molecule has 1 amide bonds. The van der Waals surface area contributed by atoms with Crippen molar-refractivity contribution in [1.82, 2.24) is 10.3 Å². The topological polar surface area (TPSA) is 71.2 Å². The van der Waals surface area contributed by atoms with Crippen LogP contribution in [0.2, 0.25) is 0 Å². The van der Waals surface area contributed by atoms with Crippen molar-refractivity contribution < 1.29 is 27.5 Å². The van der Waals surface area contributed by atoms with Crippen molar-refractivity contribution in [3.8, 4) is 0 Å². The lowest BCUT2D eigenvalue weighted by atomic mass is 10.1. The minimum absolute atomic E-state index is 0.0834. The van der Waals surface area contributed by atoms with Gasteiger partial charge in [-0.25, -0.2) is 4.79 Å². The second-order valence-electron chi connectivity index (χ2n) is 5.70. The van der Waals surface area contributed by atoms with Crippen LogP contribution in [-0.2, 0) is 4.74 Å². The average molecular weight is 368 g/mol. The maximum absolute atomic E-state index is 13.4. The van der Waals surface area contributed by atoms with Crippen LogP contribution in [0.25, 0.3) is 0 Å². The molecule has 1 unspecified atom stereocenters. The van der Waals surface area contributed by atoms with Gasteiger partial charge >= 0.3 is 12.1 Å². The number of esters is 1. The third-order valence-corrected chi connectivity index (χ3v) is 3.88. The first-order chi connectivity index (χ1) is 12.2. The number of rotatable bonds is 5. The van der Waals surface area contributed by atoms with Crippen LogP contribution in [0.15, 0.2) is 30.3 Å². The maximum atomic E-state index is 13.4. The van der Waals surface area contributed by atoms with Gasteiger partial charge in [-0.3, -0.25) is 4.79 Å². The Kier molecular flexibility index (Phi) is 5.74. The van der Waals surface area contributed by atoms with Crippen molar-refractivity contribution in [2.75, 3.05) is 6.61 Å². The Morgan fingerprint density at radius 1 is 1.19 bits per heavy atom. The minimum Gasteiger partial charge on any atom is -0.462 e. The fourth-order valence-corrected chi connectivity index (χ4v) is 2.69. The highest BCUT2D eigenvalue weighted by Crippen LogP contribution is 2.33. The van der Waals surface area contributed by atoms with Gasteiger partial charge in [0, 0.05) is 5.69 Å². The van der Waals surface area contributed by atoms with E-state index in [9.17, 15) is 22.8 Å². The Labute approximate surface area is 148 Å². The van der Waals surface area contributed by atoms with E-state index in [0.717, 1.165) is 0 Å². The number of benzene rings is 1. The van der Waals surface area contributed by atoms with Crippen LogP contribution in [0.3, 0.4) is 0 Å². The van der Waals surface area contributed by atoms with Gasteiger partial charge in [0.2, 0.25) is 0 Å². The van der Waals surface area contributed by atoms with E-state index in [4.69, 9.17) is 4.74 Å². The fraction of sp³-hybridized carbons (Fsp3) is 0.333. The lowest BCUT2D eigenvalue weighted by Gasteiger charge is -2.22. The monoisotopic (exact) mass is 368 g/mol. The second kappa shape index (κ2) is 7.63. The van der Waals surface area contributed by atoms with Crippen molar-refractivity contribution in [2.45, 2.75) is 33.0 Å². The highest BCUT2D eigenvalue weighted by Gasteiger charge is 2.42. The van der Waals surface area contributed by atoms with Crippen molar-refractivity contribution >= 4 is 11.9 Å². The zero-order chi connectivity index (χ0) is 19.5. The molecule has 2 rings (SSSR count). The molecule has 1 aromatic heterocycles. The fourth-order valence-electron chi connectivity index (χ4n) is 2.69. The number of hydrogen-bond donors (Lipinski definition) is 2. The summed E-state index contributed by atoms with van der Waals surface area (Å²) in [5.74, 6) is -1.58. The van der Waals surface area contributed by atoms with Crippen LogP contribution in [0, 0.1) is 13.8 Å². The molecule has 1 aromatic carbocycles. The van der Waals surface area contributed by atoms with Crippen molar-refractivity contribution in [3.05, 3.63) is 58.4 Å². The zero-order valence-electron chi connectivity index (χ0n) is 14.5. The Bertz CT molecular complexity index is 798. The average Bonchev–Trinajstić information content (AvgIpc) is 2.87. The summed E-state index contributed by atoms with van der Waals surface area (Å²) in [4.78, 5) is 27.1. The summed E-state index contributed by atoms with van der Waals surface area (Å²) in [6.45, 7) is 4.81. The molecule has 0 saturated heterocycles. The highest BCUT2D eigenvalue weighted by molar-refractivity contribution is 6.00. The summed E-state index contributed by atoms with van der Waals surface area (Å²) in [5, 5.41) is 1.99. The Hall–Kier alpha value is -2.77. The smallest absolute Gasteiger partial charge is 0.412 e. The van der Waals surface area contributed by atoms with E-state index in [1.54, 1.807) is 19.9 Å². The van der Waals surface area contributed by atoms with E-state index in [1.165, 1.54) is 31.2 Å². The summed E-state index contributed by atoms with van der Waals surface area (Å²) in [5.41, 5.74) is 0.567. The number of aromatic nitrogens is 1. The number of halogens is 3. The van der Waals surface area contributed by atoms with E-state index in [2.05, 4.69) is 4.98 Å². The number of carbonyl (C=O) groups is 2. The molecule has 0 aliphatic carbocycles. The van der Waals surface area contributed by atoms with E-state index in [1.807, 2.05) is 5.32 Å². The Morgan fingerprint density at radius 3 is 2.35 bits per heavy atom. The van der Waals surface area contributed by atoms with Crippen molar-refractivity contribution in [3.63, 3.8) is 0 Å². The minimum atomic E-state index is -4.67. The van der Waals surface area contributed by atoms with Gasteiger partial charge in [-0.05, 0) is 31.9 Å². The number of alkyl halides is 3. The number of aromatic amines is 1. The number of aryl methyl sites for hydroxylation is 1. The van der Waals surface area contributed by atoms with Gasteiger partial charge in [0.25, 0.3) is 5.91 Å². The van der Waals surface area contributed by atoms with Gasteiger partial charge < -0.3 is 15.0 Å². The lowest BCUT2D eigenvalue weighted by molar-refractivity contribution is -0.155. The van der Waals surface area contributed by atoms with Crippen molar-refractivity contribution in [2.24, 2.45) is 0 Å². The third kappa shape index (κ3) is 4.07. The van der Waals surface area contributed by atoms with Crippen LogP contribution in [0.5, 0.6) is 0 Å². The number of hydrogen-bond acceptors (Lipinski definition) is 3. The summed E-state index contributed by atoms with van der Waals surface area (Å²) in [7, 11) is 0. The first-order valence-electron chi connectivity index (χ1n) is 7.95. The number of carbonyl (C=O) groups excluding carboxylic acids is 2. The molecule has 5 nitrogen and oxygen atoms in total. The first-order valence-corrected chi connectivity index (χ1v) is 7.95. The summed E-state index contributed by atoms with van der Waals surface area (Å²) in [6.07, 6.45) is -4.67. The quantitative estimate of drug-likeness (QED) is 0.788. The molecule has 0 bridgehead atoms. The van der Waals surface area contributed by atoms with Gasteiger partial charge in [0.05, 0.1) is 12.2 Å². The highest BCUT2D eigenvalue weighted by atomic mass is 19.4. The molecule has 0 aliphatic rings. The van der Waals surface area contributed by atoms with Gasteiger partial charge in [-0.1, -0.05) is 30.3 Å². The number of amides is 1. The summed E-state index contributed by atoms with van der Waals surface area (Å²) < 4.78 is 45.1. The number of ether oxygens (including phenoxy) is 1. The van der Waals surface area contributed by atoms with Gasteiger partial charge in [-0.2, -0.15) is 13.2 Å². The lowest BCUT2D eigenvalue weighted by Crippen LogP contribution is -2.38. The van der Waals surface area contributed by atoms with Crippen LogP contribution >= 0.6 is 0 Å². The Balaban J connectivity index is 2.34. The molecular formula is C18H19F3N2O3. The molecule has 0 saturated carbocycles. The SMILES string of the molecule is CCOC(=O)c1c(C)[nH]c(C(=O)NC(c2ccccc2)C(F)(F)F)c1C. The predicted octanol–water partition coefficient (Wildman–Crippen LogP) is 3.84. The van der Waals surface area contributed by atoms with E-state index < -0.39 is 24.1 Å². The maximum Gasteiger partial charge on any atom is 0.412 e. The van der Waals surface area contributed by atoms with Gasteiger partial charge in [0.1, 0.15) is 5.69 Å². The predicted molar refractivity (Wildman–Crippen MR) is 88.9 cm³/mol. The molecule has 0 aliphatic heterocycles. The molecule has 0 spiro atoms. The van der Waals surface area contributed by atoms with E-state index in [-0.39, 0.29) is 29.0 Å². The van der Waals surface area contributed by atoms with Crippen LogP contribution in [-0.4, -0.2) is 29.6 Å². The van der Waals surface area contributed by atoms with Crippen molar-refractivity contribution in [1.29, 1.82) is 0 Å². The summed E-state index contributed by atoms with van der Waals surface area (Å²) in [6, 6.07) is 4.92. The molecule has 0 fully saturated rings. The largest absolute Gasteiger partial charge is 0.462 e. The molecule has 8 heteroatoms. The molecule has 2 N–H and O–H groups in total. The van der Waals surface area contributed by atoms with E-state index in [0.29, 0.717) is 5.69 Å². The molecule has 2 aromatic rings. The first kappa shape index (κ1) is 19.6. The van der Waals surface area contributed by atoms with Crippen LogP contribution < -0.4 is 5.32 Å². The third-order valence-electron chi connectivity index (χ3n) is 3.88. The van der Waals surface area contributed by atoms with Crippen LogP contribution in [0.1, 0.15) is 50.6 Å². The van der Waals surface area contributed by atoms with Gasteiger partial charge in [-0.15, -0.1) is 0 Å². The van der Waals surface area contributed by atoms with E-state index >= 15 is 0 Å². The second-order valence-corrected chi connectivity index (χ2v) is 5.70. The zero-order valence-corrected chi connectivity index (χ0v) is 14.5. The number of H-pyrrole nitrogens is 1. The van der Waals surface area contributed by atoms with Gasteiger partial charge in [0.15, 0.2) is 6.04 Å². The molecule has 1 heterocycles. The molecule has 26 heavy (non-hydrogen) atoms. The number of nitrogens with one attached hydrogen (secondary N) is 2. The molecule has 0 radical (unpaired) electrons. The standard InChI is InChI=1S/C18H19F3N2O3/c1-4-26-17(25)13-10(2)14(22-11(13)3)16(24)23-15(18(19,20)21)12-8-6-5-7-9-12/h5-9,15,22H,4H2,1-3H3,(H,23,24). The molecular weight excluding hydrogens is 349 g/mol. The molecule has 1 atom stereocenters.